The van der Waals surface area contributed by atoms with Crippen molar-refractivity contribution in [1.82, 2.24) is 20.9 Å². The molecule has 3 N–H and O–H groups in total. The minimum Gasteiger partial charge on any atom is -0.334 e. The van der Waals surface area contributed by atoms with E-state index >= 15 is 0 Å². The molecule has 6 heteroatoms. The number of nitrogens with zero attached hydrogens (tertiary/aromatic N) is 1. The summed E-state index contributed by atoms with van der Waals surface area (Å²) in [4.78, 5) is 24.8. The monoisotopic (exact) mass is 240 g/mol. The maximum absolute atomic E-state index is 11.6. The molecule has 0 spiro atoms. The van der Waals surface area contributed by atoms with Crippen LogP contribution >= 0.6 is 0 Å². The van der Waals surface area contributed by atoms with Crippen LogP contribution in [0.5, 0.6) is 0 Å². The molecule has 0 saturated carbocycles. The second kappa shape index (κ2) is 7.03. The molecule has 1 fully saturated rings. The first-order valence-electron chi connectivity index (χ1n) is 5.77. The highest BCUT2D eigenvalue weighted by molar-refractivity contribution is 5.95. The van der Waals surface area contributed by atoms with Crippen LogP contribution in [-0.2, 0) is 4.79 Å². The van der Waals surface area contributed by atoms with E-state index in [2.05, 4.69) is 29.5 Å². The van der Waals surface area contributed by atoms with Gasteiger partial charge in [-0.25, -0.2) is 4.79 Å². The third-order valence-electron chi connectivity index (χ3n) is 2.65. The summed E-state index contributed by atoms with van der Waals surface area (Å²) in [6.45, 7) is 8.70. The van der Waals surface area contributed by atoms with Crippen molar-refractivity contribution in [3.63, 3.8) is 0 Å². The third kappa shape index (κ3) is 4.97. The second-order valence-electron chi connectivity index (χ2n) is 4.07. The molecule has 0 aromatic rings. The smallest absolute Gasteiger partial charge is 0.321 e. The van der Waals surface area contributed by atoms with Crippen LogP contribution in [0.2, 0.25) is 0 Å². The summed E-state index contributed by atoms with van der Waals surface area (Å²) >= 11 is 0. The number of carbonyl (C=O) groups excluding carboxylic acids is 2. The number of urea groups is 1. The van der Waals surface area contributed by atoms with Crippen LogP contribution in [0.25, 0.3) is 0 Å². The van der Waals surface area contributed by atoms with Gasteiger partial charge in [-0.3, -0.25) is 15.0 Å². The van der Waals surface area contributed by atoms with Gasteiger partial charge in [0, 0.05) is 32.2 Å². The highest BCUT2D eigenvalue weighted by Crippen LogP contribution is 2.00. The number of hydrogen-bond donors (Lipinski definition) is 3. The molecule has 17 heavy (non-hydrogen) atoms. The number of carbonyl (C=O) groups is 2. The van der Waals surface area contributed by atoms with Gasteiger partial charge in [-0.2, -0.15) is 0 Å². The van der Waals surface area contributed by atoms with Crippen molar-refractivity contribution in [2.45, 2.75) is 13.0 Å². The fourth-order valence-electron chi connectivity index (χ4n) is 1.68. The van der Waals surface area contributed by atoms with Crippen LogP contribution in [0.4, 0.5) is 4.79 Å². The van der Waals surface area contributed by atoms with Crippen LogP contribution < -0.4 is 16.0 Å². The van der Waals surface area contributed by atoms with E-state index in [1.165, 1.54) is 0 Å². The van der Waals surface area contributed by atoms with E-state index in [1.807, 2.05) is 4.90 Å². The van der Waals surface area contributed by atoms with E-state index in [0.717, 1.165) is 19.6 Å². The van der Waals surface area contributed by atoms with Gasteiger partial charge in [0.25, 0.3) is 0 Å². The van der Waals surface area contributed by atoms with E-state index in [4.69, 9.17) is 0 Å². The van der Waals surface area contributed by atoms with Gasteiger partial charge < -0.3 is 10.6 Å². The van der Waals surface area contributed by atoms with Gasteiger partial charge in [-0.05, 0) is 6.92 Å². The summed E-state index contributed by atoms with van der Waals surface area (Å²) in [6, 6.07) is -0.163. The number of hydrogen-bond acceptors (Lipinski definition) is 4. The molecule has 1 saturated heterocycles. The van der Waals surface area contributed by atoms with Gasteiger partial charge in [0.15, 0.2) is 0 Å². The third-order valence-corrected chi connectivity index (χ3v) is 2.65. The average molecular weight is 240 g/mol. The van der Waals surface area contributed by atoms with E-state index in [9.17, 15) is 9.59 Å². The Morgan fingerprint density at radius 1 is 1.59 bits per heavy atom. The SMILES string of the molecule is C=CCNC(=O)NC(=O)CN1CCNC[C@@H]1C. The number of imide groups is 1. The first-order valence-corrected chi connectivity index (χ1v) is 5.77. The van der Waals surface area contributed by atoms with Gasteiger partial charge in [0.1, 0.15) is 0 Å². The molecule has 0 radical (unpaired) electrons. The van der Waals surface area contributed by atoms with Gasteiger partial charge in [0.2, 0.25) is 5.91 Å². The zero-order chi connectivity index (χ0) is 12.7. The number of nitrogens with one attached hydrogen (secondary N) is 3. The summed E-state index contributed by atoms with van der Waals surface area (Å²) < 4.78 is 0. The van der Waals surface area contributed by atoms with Crippen LogP contribution in [0, 0.1) is 0 Å². The van der Waals surface area contributed by atoms with E-state index in [1.54, 1.807) is 6.08 Å². The van der Waals surface area contributed by atoms with Crippen molar-refractivity contribution in [1.29, 1.82) is 0 Å². The molecule has 96 valence electrons. The van der Waals surface area contributed by atoms with Gasteiger partial charge in [-0.15, -0.1) is 6.58 Å². The average Bonchev–Trinajstić information content (AvgIpc) is 2.29. The van der Waals surface area contributed by atoms with Gasteiger partial charge in [-0.1, -0.05) is 6.08 Å². The largest absolute Gasteiger partial charge is 0.334 e. The number of rotatable bonds is 4. The molecule has 0 bridgehead atoms. The van der Waals surface area contributed by atoms with Crippen LogP contribution in [0.15, 0.2) is 12.7 Å². The zero-order valence-electron chi connectivity index (χ0n) is 10.2. The number of amides is 3. The Labute approximate surface area is 101 Å². The lowest BCUT2D eigenvalue weighted by Gasteiger charge is -2.33. The lowest BCUT2D eigenvalue weighted by molar-refractivity contribution is -0.121. The molecule has 1 aliphatic rings. The molecule has 1 heterocycles. The maximum atomic E-state index is 11.6. The van der Waals surface area contributed by atoms with Crippen molar-refractivity contribution in [2.24, 2.45) is 0 Å². The Kier molecular flexibility index (Phi) is 5.65. The lowest BCUT2D eigenvalue weighted by Crippen LogP contribution is -2.53. The maximum Gasteiger partial charge on any atom is 0.321 e. The lowest BCUT2D eigenvalue weighted by atomic mass is 10.2. The fraction of sp³-hybridized carbons (Fsp3) is 0.636. The Hall–Kier alpha value is -1.40. The standard InChI is InChI=1S/C11H20N4O2/c1-3-4-13-11(17)14-10(16)8-15-6-5-12-7-9(15)2/h3,9,12H,1,4-8H2,2H3,(H2,13,14,16,17)/t9-/m0/s1. The molecule has 1 atom stereocenters. The fourth-order valence-corrected chi connectivity index (χ4v) is 1.68. The summed E-state index contributed by atoms with van der Waals surface area (Å²) in [5.41, 5.74) is 0. The van der Waals surface area contributed by atoms with Gasteiger partial charge >= 0.3 is 6.03 Å². The van der Waals surface area contributed by atoms with Crippen molar-refractivity contribution in [2.75, 3.05) is 32.7 Å². The van der Waals surface area contributed by atoms with E-state index in [0.29, 0.717) is 12.6 Å². The minimum absolute atomic E-state index is 0.254. The van der Waals surface area contributed by atoms with Crippen molar-refractivity contribution >= 4 is 11.9 Å². The Morgan fingerprint density at radius 3 is 3.00 bits per heavy atom. The molecule has 1 aliphatic heterocycles. The second-order valence-corrected chi connectivity index (χ2v) is 4.07. The minimum atomic E-state index is -0.474. The normalized spacial score (nSPS) is 20.6. The molecule has 3 amide bonds. The van der Waals surface area contributed by atoms with Crippen LogP contribution in [0.1, 0.15) is 6.92 Å². The summed E-state index contributed by atoms with van der Waals surface area (Å²) in [5.74, 6) is -0.277. The molecule has 0 aromatic heterocycles. The molecule has 6 nitrogen and oxygen atoms in total. The molecular formula is C11H20N4O2. The van der Waals surface area contributed by atoms with Gasteiger partial charge in [0.05, 0.1) is 6.54 Å². The molecule has 0 aliphatic carbocycles. The molecule has 0 unspecified atom stereocenters. The first kappa shape index (κ1) is 13.7. The van der Waals surface area contributed by atoms with Crippen molar-refractivity contribution in [3.05, 3.63) is 12.7 Å². The zero-order valence-corrected chi connectivity index (χ0v) is 10.2. The van der Waals surface area contributed by atoms with E-state index < -0.39 is 6.03 Å². The molecule has 0 aromatic carbocycles. The first-order chi connectivity index (χ1) is 8.13. The summed E-state index contributed by atoms with van der Waals surface area (Å²) in [6.07, 6.45) is 1.56. The molecule has 1 rings (SSSR count). The topological polar surface area (TPSA) is 73.5 Å². The highest BCUT2D eigenvalue weighted by Gasteiger charge is 2.20. The van der Waals surface area contributed by atoms with Crippen LogP contribution in [0.3, 0.4) is 0 Å². The molecular weight excluding hydrogens is 220 g/mol. The Balaban J connectivity index is 2.28. The highest BCUT2D eigenvalue weighted by atomic mass is 16.2. The van der Waals surface area contributed by atoms with Crippen LogP contribution in [-0.4, -0.2) is 55.6 Å². The summed E-state index contributed by atoms with van der Waals surface area (Å²) in [5, 5.41) is 8.02. The predicted molar refractivity (Wildman–Crippen MR) is 65.6 cm³/mol. The van der Waals surface area contributed by atoms with E-state index in [-0.39, 0.29) is 12.5 Å². The summed E-state index contributed by atoms with van der Waals surface area (Å²) in [7, 11) is 0. The number of piperazine rings is 1. The quantitative estimate of drug-likeness (QED) is 0.568. The predicted octanol–water partition coefficient (Wildman–Crippen LogP) is -0.708. The van der Waals surface area contributed by atoms with Crippen molar-refractivity contribution < 1.29 is 9.59 Å². The Morgan fingerprint density at radius 2 is 2.35 bits per heavy atom. The Bertz CT molecular complexity index is 293. The van der Waals surface area contributed by atoms with Crippen molar-refractivity contribution in [3.8, 4) is 0 Å².